The smallest absolute Gasteiger partial charge is 0.335 e. The Morgan fingerprint density at radius 3 is 2.42 bits per heavy atom. The number of aliphatic hydroxyl groups excluding tert-OH is 1. The number of aromatic nitrogens is 1. The van der Waals surface area contributed by atoms with Crippen LogP contribution in [0.25, 0.3) is 11.1 Å². The quantitative estimate of drug-likeness (QED) is 0.342. The van der Waals surface area contributed by atoms with Crippen molar-refractivity contribution in [2.45, 2.75) is 49.6 Å². The van der Waals surface area contributed by atoms with E-state index in [-0.39, 0.29) is 29.1 Å². The van der Waals surface area contributed by atoms with E-state index in [0.717, 1.165) is 23.6 Å². The Kier molecular flexibility index (Phi) is 8.32. The molecule has 202 valence electrons. The maximum Gasteiger partial charge on any atom is 0.335 e. The predicted molar refractivity (Wildman–Crippen MR) is 146 cm³/mol. The summed E-state index contributed by atoms with van der Waals surface area (Å²) < 4.78 is 27.6. The molecular weight excluding hydrogens is 502 g/mol. The third-order valence-electron chi connectivity index (χ3n) is 7.08. The number of aromatic carboxylic acids is 1. The highest BCUT2D eigenvalue weighted by Crippen LogP contribution is 2.32. The van der Waals surface area contributed by atoms with Crippen LogP contribution >= 0.6 is 0 Å². The van der Waals surface area contributed by atoms with Gasteiger partial charge in [0.15, 0.2) is 0 Å². The molecule has 1 aliphatic carbocycles. The summed E-state index contributed by atoms with van der Waals surface area (Å²) in [5.41, 5.74) is 3.74. The van der Waals surface area contributed by atoms with Gasteiger partial charge in [-0.15, -0.1) is 0 Å². The number of nitrogens with zero attached hydrogens (tertiary/aromatic N) is 2. The molecule has 0 aliphatic heterocycles. The molecular formula is C29H35N3O5S. The summed E-state index contributed by atoms with van der Waals surface area (Å²) in [6, 6.07) is 16.2. The molecule has 3 N–H and O–H groups in total. The number of carbonyl (C=O) groups is 1. The standard InChI is InChI=1S/C29H35N3O5S/c1-29(2,15-20-11-21-7-4-5-8-22(21)12-20)31-17-26(33)19-32(3)38(36,37)27-14-25(16-30-18-27)23-9-6-10-24(13-23)28(34)35/h4-10,13-14,16,18,20,26,31,33H,11-12,15,17,19H2,1-3H3,(H,34,35). The van der Waals surface area contributed by atoms with Gasteiger partial charge in [-0.05, 0) is 73.9 Å². The average molecular weight is 538 g/mol. The van der Waals surface area contributed by atoms with Gasteiger partial charge in [-0.3, -0.25) is 4.98 Å². The van der Waals surface area contributed by atoms with Gasteiger partial charge < -0.3 is 15.5 Å². The number of nitrogens with one attached hydrogen (secondary N) is 1. The van der Waals surface area contributed by atoms with Crippen LogP contribution in [0.3, 0.4) is 0 Å². The summed E-state index contributed by atoms with van der Waals surface area (Å²) in [4.78, 5) is 15.3. The van der Waals surface area contributed by atoms with E-state index in [1.165, 1.54) is 48.8 Å². The molecule has 1 atom stereocenters. The van der Waals surface area contributed by atoms with Crippen molar-refractivity contribution in [2.75, 3.05) is 20.1 Å². The molecule has 2 aromatic carbocycles. The first-order valence-electron chi connectivity index (χ1n) is 12.7. The number of pyridine rings is 1. The van der Waals surface area contributed by atoms with Crippen LogP contribution in [-0.4, -0.2) is 65.7 Å². The highest BCUT2D eigenvalue weighted by atomic mass is 32.2. The van der Waals surface area contributed by atoms with Gasteiger partial charge in [0, 0.05) is 43.6 Å². The minimum atomic E-state index is -3.93. The maximum absolute atomic E-state index is 13.2. The lowest BCUT2D eigenvalue weighted by Gasteiger charge is -2.31. The Bertz CT molecular complexity index is 1380. The molecule has 1 heterocycles. The highest BCUT2D eigenvalue weighted by Gasteiger charge is 2.29. The molecule has 0 saturated heterocycles. The lowest BCUT2D eigenvalue weighted by molar-refractivity contribution is 0.0697. The van der Waals surface area contributed by atoms with Gasteiger partial charge >= 0.3 is 5.97 Å². The summed E-state index contributed by atoms with van der Waals surface area (Å²) in [6.07, 6.45) is 4.90. The Hall–Kier alpha value is -3.11. The van der Waals surface area contributed by atoms with E-state index in [2.05, 4.69) is 48.4 Å². The van der Waals surface area contributed by atoms with Crippen LogP contribution in [0.15, 0.2) is 71.9 Å². The molecule has 9 heteroatoms. The number of carboxylic acids is 1. The number of sulfonamides is 1. The van der Waals surface area contributed by atoms with E-state index < -0.39 is 22.1 Å². The monoisotopic (exact) mass is 537 g/mol. The predicted octanol–water partition coefficient (Wildman–Crippen LogP) is 3.60. The minimum absolute atomic E-state index is 0.0282. The summed E-state index contributed by atoms with van der Waals surface area (Å²) in [5, 5.41) is 23.3. The van der Waals surface area contributed by atoms with E-state index in [1.54, 1.807) is 12.1 Å². The van der Waals surface area contributed by atoms with Crippen molar-refractivity contribution in [2.24, 2.45) is 5.92 Å². The normalized spacial score (nSPS) is 15.0. The lowest BCUT2D eigenvalue weighted by Crippen LogP contribution is -2.47. The SMILES string of the molecule is CN(CC(O)CNC(C)(C)CC1Cc2ccccc2C1)S(=O)(=O)c1cncc(-c2cccc(C(=O)O)c2)c1. The van der Waals surface area contributed by atoms with Gasteiger partial charge in [0.25, 0.3) is 0 Å². The first kappa shape index (κ1) is 27.9. The first-order chi connectivity index (χ1) is 17.9. The highest BCUT2D eigenvalue weighted by molar-refractivity contribution is 7.89. The van der Waals surface area contributed by atoms with Crippen molar-refractivity contribution in [3.05, 3.63) is 83.7 Å². The molecule has 0 fully saturated rings. The van der Waals surface area contributed by atoms with Crippen LogP contribution in [0.5, 0.6) is 0 Å². The summed E-state index contributed by atoms with van der Waals surface area (Å²) in [7, 11) is -2.50. The van der Waals surface area contributed by atoms with E-state index in [4.69, 9.17) is 0 Å². The third kappa shape index (κ3) is 6.66. The largest absolute Gasteiger partial charge is 0.478 e. The molecule has 0 radical (unpaired) electrons. The van der Waals surface area contributed by atoms with Gasteiger partial charge in [-0.25, -0.2) is 13.2 Å². The Morgan fingerprint density at radius 1 is 1.08 bits per heavy atom. The Balaban J connectivity index is 1.35. The van der Waals surface area contributed by atoms with Gasteiger partial charge in [0.1, 0.15) is 4.90 Å². The number of likely N-dealkylation sites (N-methyl/N-ethyl adjacent to an activating group) is 1. The van der Waals surface area contributed by atoms with Gasteiger partial charge in [0.05, 0.1) is 11.7 Å². The molecule has 38 heavy (non-hydrogen) atoms. The van der Waals surface area contributed by atoms with Crippen molar-refractivity contribution in [1.29, 1.82) is 0 Å². The number of hydrogen-bond donors (Lipinski definition) is 3. The van der Waals surface area contributed by atoms with Gasteiger partial charge in [-0.1, -0.05) is 36.4 Å². The van der Waals surface area contributed by atoms with Crippen LogP contribution in [-0.2, 0) is 22.9 Å². The Labute approximate surface area is 224 Å². The number of β-amino-alcohol motifs (C(OH)–C–C–N with tert-alkyl or cyclic N) is 1. The van der Waals surface area contributed by atoms with Crippen molar-refractivity contribution in [1.82, 2.24) is 14.6 Å². The third-order valence-corrected chi connectivity index (χ3v) is 8.87. The topological polar surface area (TPSA) is 120 Å². The van der Waals surface area contributed by atoms with E-state index in [1.807, 2.05) is 0 Å². The van der Waals surface area contributed by atoms with Crippen molar-refractivity contribution < 1.29 is 23.4 Å². The first-order valence-corrected chi connectivity index (χ1v) is 14.1. The molecule has 0 spiro atoms. The van der Waals surface area contributed by atoms with Crippen LogP contribution in [0.4, 0.5) is 0 Å². The van der Waals surface area contributed by atoms with Crippen LogP contribution in [0.1, 0.15) is 41.8 Å². The van der Waals surface area contributed by atoms with Crippen molar-refractivity contribution >= 4 is 16.0 Å². The second kappa shape index (κ2) is 11.3. The molecule has 0 saturated carbocycles. The van der Waals surface area contributed by atoms with E-state index in [0.29, 0.717) is 17.0 Å². The van der Waals surface area contributed by atoms with Crippen LogP contribution < -0.4 is 5.32 Å². The zero-order chi connectivity index (χ0) is 27.5. The van der Waals surface area contributed by atoms with Crippen LogP contribution in [0.2, 0.25) is 0 Å². The molecule has 1 aromatic heterocycles. The fourth-order valence-corrected chi connectivity index (χ4v) is 6.37. The number of rotatable bonds is 11. The summed E-state index contributed by atoms with van der Waals surface area (Å²) in [6.45, 7) is 4.39. The second-order valence-electron chi connectivity index (χ2n) is 10.7. The Morgan fingerprint density at radius 2 is 1.76 bits per heavy atom. The van der Waals surface area contributed by atoms with Crippen molar-refractivity contribution in [3.63, 3.8) is 0 Å². The molecule has 3 aromatic rings. The number of benzene rings is 2. The molecule has 0 amide bonds. The van der Waals surface area contributed by atoms with E-state index >= 15 is 0 Å². The second-order valence-corrected chi connectivity index (χ2v) is 12.8. The van der Waals surface area contributed by atoms with Gasteiger partial charge in [0.2, 0.25) is 10.0 Å². The van der Waals surface area contributed by atoms with E-state index in [9.17, 15) is 23.4 Å². The zero-order valence-corrected chi connectivity index (χ0v) is 22.8. The maximum atomic E-state index is 13.2. The van der Waals surface area contributed by atoms with Crippen molar-refractivity contribution in [3.8, 4) is 11.1 Å². The number of fused-ring (bicyclic) bond motifs is 1. The zero-order valence-electron chi connectivity index (χ0n) is 22.0. The fraction of sp³-hybridized carbons (Fsp3) is 0.379. The average Bonchev–Trinajstić information content (AvgIpc) is 3.29. The fourth-order valence-electron chi connectivity index (χ4n) is 5.17. The van der Waals surface area contributed by atoms with Gasteiger partial charge in [-0.2, -0.15) is 4.31 Å². The van der Waals surface area contributed by atoms with Crippen LogP contribution in [0, 0.1) is 5.92 Å². The minimum Gasteiger partial charge on any atom is -0.478 e. The molecule has 1 aliphatic rings. The molecule has 8 nitrogen and oxygen atoms in total. The molecule has 1 unspecified atom stereocenters. The molecule has 4 rings (SSSR count). The number of aliphatic hydroxyl groups is 1. The molecule has 0 bridgehead atoms. The lowest BCUT2D eigenvalue weighted by atomic mass is 9.88. The number of hydrogen-bond acceptors (Lipinski definition) is 6. The number of carboxylic acid groups (broad SMARTS) is 1. The summed E-state index contributed by atoms with van der Waals surface area (Å²) in [5.74, 6) is -0.534. The summed E-state index contributed by atoms with van der Waals surface area (Å²) >= 11 is 0.